The zero-order valence-corrected chi connectivity index (χ0v) is 13.2. The molecule has 0 atom stereocenters. The molecule has 1 aliphatic rings. The normalized spacial score (nSPS) is 15.2. The van der Waals surface area contributed by atoms with Gasteiger partial charge >= 0.3 is 0 Å². The van der Waals surface area contributed by atoms with Crippen molar-refractivity contribution in [2.24, 2.45) is 0 Å². The maximum atomic E-state index is 12.3. The fourth-order valence-corrected chi connectivity index (χ4v) is 2.77. The van der Waals surface area contributed by atoms with Crippen LogP contribution in [-0.4, -0.2) is 26.5 Å². The molecular formula is C19H22N2O. The molecule has 0 aliphatic heterocycles. The summed E-state index contributed by atoms with van der Waals surface area (Å²) in [5.74, 6) is 0.00696. The van der Waals surface area contributed by atoms with E-state index in [1.165, 1.54) is 5.56 Å². The highest BCUT2D eigenvalue weighted by Gasteiger charge is 2.44. The van der Waals surface area contributed by atoms with E-state index in [9.17, 15) is 4.79 Å². The topological polar surface area (TPSA) is 32.3 Å². The van der Waals surface area contributed by atoms with Gasteiger partial charge < -0.3 is 10.2 Å². The molecule has 2 aromatic carbocycles. The van der Waals surface area contributed by atoms with Gasteiger partial charge in [-0.25, -0.2) is 0 Å². The first-order chi connectivity index (χ1) is 10.6. The SMILES string of the molecule is CN(C)c1ccc(C(=O)NCC2(c3ccccc3)CC2)cc1. The number of anilines is 1. The van der Waals surface area contributed by atoms with Crippen LogP contribution in [0.3, 0.4) is 0 Å². The highest BCUT2D eigenvalue weighted by atomic mass is 16.1. The van der Waals surface area contributed by atoms with Crippen LogP contribution in [-0.2, 0) is 5.41 Å². The molecule has 0 unspecified atom stereocenters. The number of nitrogens with zero attached hydrogens (tertiary/aromatic N) is 1. The highest BCUT2D eigenvalue weighted by molar-refractivity contribution is 5.94. The number of carbonyl (C=O) groups excluding carboxylic acids is 1. The maximum Gasteiger partial charge on any atom is 0.251 e. The second kappa shape index (κ2) is 5.84. The Morgan fingerprint density at radius 2 is 1.68 bits per heavy atom. The first-order valence-electron chi connectivity index (χ1n) is 7.72. The molecule has 3 rings (SSSR count). The fraction of sp³-hybridized carbons (Fsp3) is 0.316. The van der Waals surface area contributed by atoms with E-state index in [1.54, 1.807) is 0 Å². The summed E-state index contributed by atoms with van der Waals surface area (Å²) in [6.45, 7) is 0.714. The summed E-state index contributed by atoms with van der Waals surface area (Å²) in [6, 6.07) is 18.2. The standard InChI is InChI=1S/C19H22N2O/c1-21(2)17-10-8-15(9-11-17)18(22)20-14-19(12-13-19)16-6-4-3-5-7-16/h3-11H,12-14H2,1-2H3,(H,20,22). The summed E-state index contributed by atoms with van der Waals surface area (Å²) < 4.78 is 0. The van der Waals surface area contributed by atoms with Gasteiger partial charge in [-0.1, -0.05) is 30.3 Å². The average molecular weight is 294 g/mol. The molecule has 1 fully saturated rings. The number of carbonyl (C=O) groups is 1. The second-order valence-electron chi connectivity index (χ2n) is 6.27. The van der Waals surface area contributed by atoms with Crippen LogP contribution < -0.4 is 10.2 Å². The smallest absolute Gasteiger partial charge is 0.251 e. The lowest BCUT2D eigenvalue weighted by Crippen LogP contribution is -2.32. The monoisotopic (exact) mass is 294 g/mol. The van der Waals surface area contributed by atoms with Crippen molar-refractivity contribution in [3.8, 4) is 0 Å². The summed E-state index contributed by atoms with van der Waals surface area (Å²) in [5, 5.41) is 3.10. The van der Waals surface area contributed by atoms with Crippen LogP contribution in [0.15, 0.2) is 54.6 Å². The van der Waals surface area contributed by atoms with Crippen molar-refractivity contribution in [3.05, 3.63) is 65.7 Å². The van der Waals surface area contributed by atoms with Gasteiger partial charge in [-0.15, -0.1) is 0 Å². The molecule has 0 spiro atoms. The third kappa shape index (κ3) is 2.98. The molecule has 3 nitrogen and oxygen atoms in total. The van der Waals surface area contributed by atoms with Crippen molar-refractivity contribution >= 4 is 11.6 Å². The van der Waals surface area contributed by atoms with Gasteiger partial charge in [-0.2, -0.15) is 0 Å². The van der Waals surface area contributed by atoms with Crippen LogP contribution in [0.1, 0.15) is 28.8 Å². The van der Waals surface area contributed by atoms with Gasteiger partial charge in [0.2, 0.25) is 0 Å². The van der Waals surface area contributed by atoms with Gasteiger partial charge in [0.15, 0.2) is 0 Å². The van der Waals surface area contributed by atoms with Gasteiger partial charge in [0, 0.05) is 37.3 Å². The number of rotatable bonds is 5. The molecule has 0 aromatic heterocycles. The Bertz CT molecular complexity index is 643. The molecule has 114 valence electrons. The molecule has 1 N–H and O–H groups in total. The van der Waals surface area contributed by atoms with Gasteiger partial charge in [0.25, 0.3) is 5.91 Å². The van der Waals surface area contributed by atoms with Crippen molar-refractivity contribution in [3.63, 3.8) is 0 Å². The quantitative estimate of drug-likeness (QED) is 0.918. The lowest BCUT2D eigenvalue weighted by Gasteiger charge is -2.17. The molecular weight excluding hydrogens is 272 g/mol. The zero-order valence-electron chi connectivity index (χ0n) is 13.2. The molecule has 22 heavy (non-hydrogen) atoms. The summed E-state index contributed by atoms with van der Waals surface area (Å²) >= 11 is 0. The Morgan fingerprint density at radius 1 is 1.05 bits per heavy atom. The Kier molecular flexibility index (Phi) is 3.88. The number of benzene rings is 2. The number of hydrogen-bond acceptors (Lipinski definition) is 2. The van der Waals surface area contributed by atoms with Gasteiger partial charge in [-0.05, 0) is 42.7 Å². The van der Waals surface area contributed by atoms with Crippen molar-refractivity contribution in [1.29, 1.82) is 0 Å². The lowest BCUT2D eigenvalue weighted by atomic mass is 9.96. The first-order valence-corrected chi connectivity index (χ1v) is 7.72. The van der Waals surface area contributed by atoms with E-state index in [0.717, 1.165) is 24.1 Å². The fourth-order valence-electron chi connectivity index (χ4n) is 2.77. The summed E-state index contributed by atoms with van der Waals surface area (Å²) in [6.07, 6.45) is 2.30. The van der Waals surface area contributed by atoms with Crippen LogP contribution in [0.4, 0.5) is 5.69 Å². The number of nitrogens with one attached hydrogen (secondary N) is 1. The second-order valence-corrected chi connectivity index (χ2v) is 6.27. The van der Waals surface area contributed by atoms with Gasteiger partial charge in [0.1, 0.15) is 0 Å². The van der Waals surface area contributed by atoms with E-state index in [2.05, 4.69) is 29.6 Å². The third-order valence-electron chi connectivity index (χ3n) is 4.47. The zero-order chi connectivity index (χ0) is 15.6. The van der Waals surface area contributed by atoms with E-state index in [4.69, 9.17) is 0 Å². The van der Waals surface area contributed by atoms with Crippen molar-refractivity contribution in [2.75, 3.05) is 25.5 Å². The average Bonchev–Trinajstić information content (AvgIpc) is 3.35. The molecule has 1 aliphatic carbocycles. The molecule has 1 saturated carbocycles. The predicted octanol–water partition coefficient (Wildman–Crippen LogP) is 3.21. The van der Waals surface area contributed by atoms with E-state index in [1.807, 2.05) is 49.3 Å². The molecule has 2 aromatic rings. The lowest BCUT2D eigenvalue weighted by molar-refractivity contribution is 0.0949. The highest BCUT2D eigenvalue weighted by Crippen LogP contribution is 2.47. The van der Waals surface area contributed by atoms with Crippen molar-refractivity contribution in [1.82, 2.24) is 5.32 Å². The number of amides is 1. The Labute approximate surface area is 132 Å². The van der Waals surface area contributed by atoms with Crippen LogP contribution in [0.5, 0.6) is 0 Å². The van der Waals surface area contributed by atoms with Gasteiger partial charge in [0.05, 0.1) is 0 Å². The van der Waals surface area contributed by atoms with E-state index < -0.39 is 0 Å². The van der Waals surface area contributed by atoms with Crippen LogP contribution in [0.2, 0.25) is 0 Å². The number of hydrogen-bond donors (Lipinski definition) is 1. The minimum atomic E-state index is 0.00696. The van der Waals surface area contributed by atoms with Crippen molar-refractivity contribution < 1.29 is 4.79 Å². The maximum absolute atomic E-state index is 12.3. The first kappa shape index (κ1) is 14.6. The predicted molar refractivity (Wildman–Crippen MR) is 90.5 cm³/mol. The van der Waals surface area contributed by atoms with E-state index in [0.29, 0.717) is 6.54 Å². The summed E-state index contributed by atoms with van der Waals surface area (Å²) in [4.78, 5) is 14.3. The van der Waals surface area contributed by atoms with E-state index in [-0.39, 0.29) is 11.3 Å². The van der Waals surface area contributed by atoms with Crippen LogP contribution in [0.25, 0.3) is 0 Å². The Morgan fingerprint density at radius 3 is 2.23 bits per heavy atom. The Hall–Kier alpha value is -2.29. The van der Waals surface area contributed by atoms with E-state index >= 15 is 0 Å². The molecule has 3 heteroatoms. The minimum absolute atomic E-state index is 0.00696. The molecule has 1 amide bonds. The molecule has 0 radical (unpaired) electrons. The van der Waals surface area contributed by atoms with Gasteiger partial charge in [-0.3, -0.25) is 4.79 Å². The Balaban J connectivity index is 1.63. The third-order valence-corrected chi connectivity index (χ3v) is 4.47. The minimum Gasteiger partial charge on any atom is -0.378 e. The molecule has 0 bridgehead atoms. The molecule has 0 heterocycles. The van der Waals surface area contributed by atoms with Crippen LogP contribution in [0, 0.1) is 0 Å². The molecule has 0 saturated heterocycles. The van der Waals surface area contributed by atoms with Crippen molar-refractivity contribution in [2.45, 2.75) is 18.3 Å². The summed E-state index contributed by atoms with van der Waals surface area (Å²) in [5.41, 5.74) is 3.30. The largest absolute Gasteiger partial charge is 0.378 e. The van der Waals surface area contributed by atoms with Crippen LogP contribution >= 0.6 is 0 Å². The summed E-state index contributed by atoms with van der Waals surface area (Å²) in [7, 11) is 3.98.